The second kappa shape index (κ2) is 10.8. The van der Waals surface area contributed by atoms with Crippen LogP contribution in [0.1, 0.15) is 41.0 Å². The number of nitrogens with one attached hydrogen (secondary N) is 1. The lowest BCUT2D eigenvalue weighted by molar-refractivity contribution is -0.127. The Bertz CT molecular complexity index is 1220. The number of allylic oxidation sites excluding steroid dienone is 1. The first-order valence-electron chi connectivity index (χ1n) is 12.3. The van der Waals surface area contributed by atoms with Crippen molar-refractivity contribution in [1.82, 2.24) is 19.7 Å². The molecule has 4 rings (SSSR count). The molecule has 2 bridgehead atoms. The summed E-state index contributed by atoms with van der Waals surface area (Å²) in [5.74, 6) is -2.89. The van der Waals surface area contributed by atoms with Crippen molar-refractivity contribution < 1.29 is 19.1 Å². The first-order chi connectivity index (χ1) is 17.3. The lowest BCUT2D eigenvalue weighted by Gasteiger charge is -2.38. The van der Waals surface area contributed by atoms with Crippen LogP contribution in [0.25, 0.3) is 6.08 Å². The van der Waals surface area contributed by atoms with Gasteiger partial charge in [0.15, 0.2) is 0 Å². The fraction of sp³-hybridized carbons (Fsp3) is 0.444. The van der Waals surface area contributed by atoms with Crippen molar-refractivity contribution in [3.05, 3.63) is 75.5 Å². The molecule has 36 heavy (non-hydrogen) atoms. The van der Waals surface area contributed by atoms with Gasteiger partial charge in [-0.1, -0.05) is 24.3 Å². The monoisotopic (exact) mass is 496 g/mol. The van der Waals surface area contributed by atoms with Crippen LogP contribution in [0.15, 0.2) is 47.3 Å². The number of amides is 2. The second-order valence-electron chi connectivity index (χ2n) is 9.65. The number of aliphatic hydroxyl groups excluding tert-OH is 1. The highest BCUT2D eigenvalue weighted by molar-refractivity contribution is 5.96. The molecule has 0 spiro atoms. The minimum atomic E-state index is -0.811. The number of pyridine rings is 1. The second-order valence-corrected chi connectivity index (χ2v) is 9.65. The number of fused-ring (bicyclic) bond motifs is 4. The van der Waals surface area contributed by atoms with Crippen LogP contribution in [0.5, 0.6) is 0 Å². The highest BCUT2D eigenvalue weighted by atomic mass is 19.1. The molecule has 1 fully saturated rings. The minimum Gasteiger partial charge on any atom is -0.396 e. The van der Waals surface area contributed by atoms with Crippen LogP contribution in [-0.4, -0.2) is 71.1 Å². The van der Waals surface area contributed by atoms with Gasteiger partial charge in [0.25, 0.3) is 11.5 Å². The highest BCUT2D eigenvalue weighted by Gasteiger charge is 2.57. The number of aromatic nitrogens is 1. The van der Waals surface area contributed by atoms with Gasteiger partial charge in [0.05, 0.1) is 23.6 Å². The number of benzene rings is 1. The normalized spacial score (nSPS) is 22.8. The maximum Gasteiger partial charge on any atom is 0.258 e. The molecule has 1 aromatic heterocycles. The number of rotatable bonds is 8. The molecule has 0 unspecified atom stereocenters. The first kappa shape index (κ1) is 25.8. The van der Waals surface area contributed by atoms with Crippen molar-refractivity contribution in [1.29, 1.82) is 0 Å². The molecule has 1 aromatic carbocycles. The summed E-state index contributed by atoms with van der Waals surface area (Å²) in [7, 11) is 3.90. The molecule has 2 aliphatic heterocycles. The van der Waals surface area contributed by atoms with Gasteiger partial charge in [-0.15, -0.1) is 0 Å². The summed E-state index contributed by atoms with van der Waals surface area (Å²) >= 11 is 0. The van der Waals surface area contributed by atoms with Gasteiger partial charge in [-0.2, -0.15) is 0 Å². The third-order valence-electron chi connectivity index (χ3n) is 7.14. The lowest BCUT2D eigenvalue weighted by Crippen LogP contribution is -2.49. The van der Waals surface area contributed by atoms with E-state index in [-0.39, 0.29) is 30.2 Å². The van der Waals surface area contributed by atoms with Crippen molar-refractivity contribution in [2.24, 2.45) is 11.8 Å². The molecule has 2 aliphatic rings. The van der Waals surface area contributed by atoms with Crippen LogP contribution in [0.4, 0.5) is 4.39 Å². The van der Waals surface area contributed by atoms with Gasteiger partial charge in [0, 0.05) is 36.9 Å². The summed E-state index contributed by atoms with van der Waals surface area (Å²) in [5.41, 5.74) is 0.693. The number of nitrogens with zero attached hydrogens (tertiary/aromatic N) is 3. The van der Waals surface area contributed by atoms with Gasteiger partial charge in [0.2, 0.25) is 5.91 Å². The molecule has 8 nitrogen and oxygen atoms in total. The average Bonchev–Trinajstić information content (AvgIpc) is 3.10. The molecule has 2 aromatic rings. The summed E-state index contributed by atoms with van der Waals surface area (Å²) in [4.78, 5) is 43.9. The van der Waals surface area contributed by atoms with Crippen LogP contribution >= 0.6 is 0 Å². The predicted molar refractivity (Wildman–Crippen MR) is 135 cm³/mol. The molecule has 4 atom stereocenters. The number of halogens is 1. The molecular weight excluding hydrogens is 463 g/mol. The van der Waals surface area contributed by atoms with Crippen molar-refractivity contribution in [2.75, 3.05) is 33.8 Å². The largest absolute Gasteiger partial charge is 0.396 e. The van der Waals surface area contributed by atoms with Gasteiger partial charge in [-0.25, -0.2) is 4.39 Å². The Kier molecular flexibility index (Phi) is 7.70. The Morgan fingerprint density at radius 2 is 1.97 bits per heavy atom. The first-order valence-corrected chi connectivity index (χ1v) is 12.3. The quantitative estimate of drug-likeness (QED) is 0.545. The van der Waals surface area contributed by atoms with Gasteiger partial charge in [0.1, 0.15) is 5.82 Å². The van der Waals surface area contributed by atoms with E-state index in [9.17, 15) is 23.9 Å². The van der Waals surface area contributed by atoms with Gasteiger partial charge in [-0.05, 0) is 58.3 Å². The molecule has 3 heterocycles. The Hall–Kier alpha value is -3.30. The zero-order chi connectivity index (χ0) is 26.0. The molecule has 192 valence electrons. The molecule has 0 aliphatic carbocycles. The zero-order valence-corrected chi connectivity index (χ0v) is 20.9. The Morgan fingerprint density at radius 1 is 1.22 bits per heavy atom. The van der Waals surface area contributed by atoms with Crippen molar-refractivity contribution in [3.63, 3.8) is 0 Å². The van der Waals surface area contributed by atoms with Gasteiger partial charge >= 0.3 is 0 Å². The van der Waals surface area contributed by atoms with E-state index in [4.69, 9.17) is 0 Å². The van der Waals surface area contributed by atoms with Crippen LogP contribution in [-0.2, 0) is 11.3 Å². The van der Waals surface area contributed by atoms with Crippen molar-refractivity contribution >= 4 is 17.9 Å². The van der Waals surface area contributed by atoms with Crippen LogP contribution in [0.2, 0.25) is 0 Å². The number of aliphatic hydroxyl groups is 1. The zero-order valence-electron chi connectivity index (χ0n) is 20.9. The summed E-state index contributed by atoms with van der Waals surface area (Å²) in [5, 5.41) is 13.3. The maximum absolute atomic E-state index is 14.6. The standard InChI is InChI=1S/C27H33FN4O4/c1-4-8-17-11-12-21-24-23(25(34)29-13-7-14-30(2)3)19(16-33)22(15-31(21)26(17)35)32(24)27(36)18-9-5-6-10-20(18)28/h4-6,8-12,19,22-24,33H,7,13-16H2,1-3H3,(H,29,34)/b8-4-/t19-,22-,23+,24+/m0/s1. The molecule has 1 saturated heterocycles. The molecule has 0 radical (unpaired) electrons. The highest BCUT2D eigenvalue weighted by Crippen LogP contribution is 2.49. The number of carbonyl (C=O) groups excluding carboxylic acids is 2. The van der Waals surface area contributed by atoms with Crippen molar-refractivity contribution in [3.8, 4) is 0 Å². The van der Waals surface area contributed by atoms with E-state index < -0.39 is 35.6 Å². The average molecular weight is 497 g/mol. The van der Waals surface area contributed by atoms with Gasteiger partial charge in [-0.3, -0.25) is 14.4 Å². The Labute approximate surface area is 210 Å². The third kappa shape index (κ3) is 4.60. The summed E-state index contributed by atoms with van der Waals surface area (Å²) in [6, 6.07) is 7.71. The third-order valence-corrected chi connectivity index (χ3v) is 7.14. The fourth-order valence-corrected chi connectivity index (χ4v) is 5.51. The van der Waals surface area contributed by atoms with E-state index in [1.54, 1.807) is 34.9 Å². The molecule has 0 saturated carbocycles. The number of hydrogen-bond donors (Lipinski definition) is 2. The Balaban J connectivity index is 1.78. The predicted octanol–water partition coefficient (Wildman–Crippen LogP) is 1.89. The topological polar surface area (TPSA) is 94.9 Å². The lowest BCUT2D eigenvalue weighted by atomic mass is 9.86. The van der Waals surface area contributed by atoms with E-state index in [0.29, 0.717) is 17.8 Å². The van der Waals surface area contributed by atoms with E-state index in [1.807, 2.05) is 25.9 Å². The summed E-state index contributed by atoms with van der Waals surface area (Å²) < 4.78 is 16.2. The van der Waals surface area contributed by atoms with E-state index in [1.165, 1.54) is 23.1 Å². The molecule has 2 N–H and O–H groups in total. The van der Waals surface area contributed by atoms with E-state index >= 15 is 0 Å². The van der Waals surface area contributed by atoms with E-state index in [0.717, 1.165) is 13.0 Å². The van der Waals surface area contributed by atoms with Crippen molar-refractivity contribution in [2.45, 2.75) is 32.0 Å². The Morgan fingerprint density at radius 3 is 2.64 bits per heavy atom. The molecular formula is C27H33FN4O4. The maximum atomic E-state index is 14.6. The van der Waals surface area contributed by atoms with Crippen LogP contribution < -0.4 is 10.9 Å². The summed E-state index contributed by atoms with van der Waals surface area (Å²) in [6.45, 7) is 2.83. The van der Waals surface area contributed by atoms with Crippen LogP contribution in [0, 0.1) is 17.7 Å². The SMILES string of the molecule is C/C=C\c1ccc2n(c1=O)C[C@H]1[C@H](CO)[C@@H](C(=O)NCCCN(C)C)[C@@H]2N1C(=O)c1ccccc1F. The fourth-order valence-electron chi connectivity index (χ4n) is 5.51. The number of hydrogen-bond acceptors (Lipinski definition) is 5. The number of carbonyl (C=O) groups is 2. The molecule has 2 amide bonds. The van der Waals surface area contributed by atoms with Gasteiger partial charge < -0.3 is 24.8 Å². The van der Waals surface area contributed by atoms with Crippen LogP contribution in [0.3, 0.4) is 0 Å². The molecule has 9 heteroatoms. The minimum absolute atomic E-state index is 0.0995. The van der Waals surface area contributed by atoms with E-state index in [2.05, 4.69) is 5.32 Å². The summed E-state index contributed by atoms with van der Waals surface area (Å²) in [6.07, 6.45) is 4.23. The smallest absolute Gasteiger partial charge is 0.258 e.